The van der Waals surface area contributed by atoms with Gasteiger partial charge in [-0.1, -0.05) is 0 Å². The molecule has 10 heavy (non-hydrogen) atoms. The van der Waals surface area contributed by atoms with E-state index >= 15 is 0 Å². The van der Waals surface area contributed by atoms with Crippen LogP contribution in [0.4, 0.5) is 8.78 Å². The third-order valence-corrected chi connectivity index (χ3v) is 1.57. The fourth-order valence-electron chi connectivity index (χ4n) is 0.459. The number of alkyl halides is 2. The summed E-state index contributed by atoms with van der Waals surface area (Å²) in [5.74, 6) is 0. The van der Waals surface area contributed by atoms with Crippen molar-refractivity contribution < 1.29 is 13.5 Å². The third-order valence-electron chi connectivity index (χ3n) is 0.816. The number of aromatic nitrogens is 1. The van der Waals surface area contributed by atoms with Gasteiger partial charge in [-0.3, -0.25) is 0 Å². The van der Waals surface area contributed by atoms with Crippen molar-refractivity contribution in [3.63, 3.8) is 0 Å². The summed E-state index contributed by atoms with van der Waals surface area (Å²) in [7, 11) is 0. The van der Waals surface area contributed by atoms with Crippen molar-refractivity contribution in [1.29, 1.82) is 0 Å². The Labute approximate surface area is 60.5 Å². The zero-order valence-electron chi connectivity index (χ0n) is 4.96. The molecule has 56 valence electrons. The molecule has 1 rings (SSSR count). The number of nitrogens with zero attached hydrogens (tertiary/aromatic N) is 1. The fraction of sp³-hybridized carbons (Fsp3) is 0.400. The van der Waals surface area contributed by atoms with Gasteiger partial charge in [0, 0.05) is 11.6 Å². The molecule has 1 aromatic heterocycles. The maximum Gasteiger partial charge on any atom is 0.345 e. The van der Waals surface area contributed by atoms with Crippen molar-refractivity contribution >= 4 is 11.3 Å². The van der Waals surface area contributed by atoms with Crippen LogP contribution in [0, 0.1) is 0 Å². The van der Waals surface area contributed by atoms with Crippen LogP contribution in [-0.2, 0) is 11.3 Å². The van der Waals surface area contributed by atoms with Gasteiger partial charge in [-0.15, -0.1) is 11.3 Å². The number of hydrogen-bond acceptors (Lipinski definition) is 3. The quantitative estimate of drug-likeness (QED) is 0.682. The largest absolute Gasteiger partial charge is 0.345 e. The second kappa shape index (κ2) is 3.58. The molecule has 0 aliphatic heterocycles. The van der Waals surface area contributed by atoms with Crippen molar-refractivity contribution in [1.82, 2.24) is 4.98 Å². The van der Waals surface area contributed by atoms with E-state index in [2.05, 4.69) is 9.72 Å². The van der Waals surface area contributed by atoms with Gasteiger partial charge in [-0.05, 0) is 0 Å². The van der Waals surface area contributed by atoms with Crippen molar-refractivity contribution in [2.45, 2.75) is 13.2 Å². The van der Waals surface area contributed by atoms with Gasteiger partial charge in [0.15, 0.2) is 0 Å². The van der Waals surface area contributed by atoms with Gasteiger partial charge in [-0.2, -0.15) is 8.78 Å². The number of rotatable bonds is 3. The minimum atomic E-state index is -2.70. The third kappa shape index (κ3) is 2.36. The van der Waals surface area contributed by atoms with E-state index in [1.54, 1.807) is 11.6 Å². The van der Waals surface area contributed by atoms with Gasteiger partial charge >= 0.3 is 6.61 Å². The van der Waals surface area contributed by atoms with E-state index in [9.17, 15) is 8.78 Å². The highest BCUT2D eigenvalue weighted by Gasteiger charge is 2.02. The molecule has 0 amide bonds. The van der Waals surface area contributed by atoms with Gasteiger partial charge in [0.05, 0.1) is 0 Å². The van der Waals surface area contributed by atoms with Crippen molar-refractivity contribution in [2.24, 2.45) is 0 Å². The van der Waals surface area contributed by atoms with Gasteiger partial charge < -0.3 is 4.74 Å². The number of hydrogen-bond donors (Lipinski definition) is 0. The molecule has 0 unspecified atom stereocenters. The Morgan fingerprint density at radius 2 is 2.50 bits per heavy atom. The summed E-state index contributed by atoms with van der Waals surface area (Å²) in [4.78, 5) is 3.75. The molecule has 0 saturated carbocycles. The van der Waals surface area contributed by atoms with E-state index in [0.29, 0.717) is 5.01 Å². The Bertz CT molecular complexity index is 178. The molecule has 0 aliphatic rings. The van der Waals surface area contributed by atoms with Gasteiger partial charge in [-0.25, -0.2) is 4.98 Å². The Hall–Kier alpha value is -0.550. The van der Waals surface area contributed by atoms with Crippen LogP contribution in [0.15, 0.2) is 11.6 Å². The number of halogens is 2. The Balaban J connectivity index is 2.28. The van der Waals surface area contributed by atoms with E-state index in [1.807, 2.05) is 0 Å². The summed E-state index contributed by atoms with van der Waals surface area (Å²) in [6, 6.07) is 0. The van der Waals surface area contributed by atoms with Crippen LogP contribution in [0.3, 0.4) is 0 Å². The summed E-state index contributed by atoms with van der Waals surface area (Å²) in [5.41, 5.74) is 0. The van der Waals surface area contributed by atoms with E-state index < -0.39 is 6.61 Å². The summed E-state index contributed by atoms with van der Waals surface area (Å²) in [6.07, 6.45) is 1.55. The lowest BCUT2D eigenvalue weighted by molar-refractivity contribution is -0.137. The first kappa shape index (κ1) is 7.56. The van der Waals surface area contributed by atoms with Gasteiger partial charge in [0.25, 0.3) is 0 Å². The molecule has 0 spiro atoms. The van der Waals surface area contributed by atoms with Gasteiger partial charge in [0.1, 0.15) is 11.6 Å². The predicted octanol–water partition coefficient (Wildman–Crippen LogP) is 1.88. The molecule has 0 bridgehead atoms. The lowest BCUT2D eigenvalue weighted by Gasteiger charge is -1.96. The first-order valence-electron chi connectivity index (χ1n) is 2.57. The van der Waals surface area contributed by atoms with Crippen LogP contribution in [0.2, 0.25) is 0 Å². The zero-order chi connectivity index (χ0) is 7.40. The lowest BCUT2D eigenvalue weighted by atomic mass is 10.7. The first-order valence-corrected chi connectivity index (χ1v) is 3.45. The van der Waals surface area contributed by atoms with E-state index in [4.69, 9.17) is 0 Å². The minimum Gasteiger partial charge on any atom is -0.316 e. The molecule has 0 saturated heterocycles. The van der Waals surface area contributed by atoms with Crippen LogP contribution < -0.4 is 0 Å². The summed E-state index contributed by atoms with van der Waals surface area (Å²) in [5, 5.41) is 2.28. The van der Waals surface area contributed by atoms with E-state index in [0.717, 1.165) is 0 Å². The highest BCUT2D eigenvalue weighted by atomic mass is 32.1. The topological polar surface area (TPSA) is 22.1 Å². The molecule has 0 N–H and O–H groups in total. The normalized spacial score (nSPS) is 10.7. The Kier molecular flexibility index (Phi) is 2.70. The van der Waals surface area contributed by atoms with Crippen molar-refractivity contribution in [2.75, 3.05) is 0 Å². The molecular formula is C5H5F2NOS. The average Bonchev–Trinajstić information content (AvgIpc) is 2.34. The van der Waals surface area contributed by atoms with Gasteiger partial charge in [0.2, 0.25) is 0 Å². The van der Waals surface area contributed by atoms with Crippen LogP contribution >= 0.6 is 11.3 Å². The molecule has 0 aromatic carbocycles. The van der Waals surface area contributed by atoms with E-state index in [-0.39, 0.29) is 6.61 Å². The van der Waals surface area contributed by atoms with Crippen LogP contribution in [-0.4, -0.2) is 11.6 Å². The summed E-state index contributed by atoms with van der Waals surface area (Å²) in [6.45, 7) is -2.81. The van der Waals surface area contributed by atoms with Crippen LogP contribution in [0.25, 0.3) is 0 Å². The van der Waals surface area contributed by atoms with Crippen LogP contribution in [0.5, 0.6) is 0 Å². The zero-order valence-corrected chi connectivity index (χ0v) is 5.78. The fourth-order valence-corrected chi connectivity index (χ4v) is 0.995. The average molecular weight is 165 g/mol. The maximum atomic E-state index is 11.4. The second-order valence-electron chi connectivity index (χ2n) is 1.50. The Morgan fingerprint density at radius 3 is 3.00 bits per heavy atom. The highest BCUT2D eigenvalue weighted by Crippen LogP contribution is 2.07. The minimum absolute atomic E-state index is 0.102. The first-order chi connectivity index (χ1) is 4.79. The number of thiazole rings is 1. The second-order valence-corrected chi connectivity index (χ2v) is 2.48. The molecule has 0 atom stereocenters. The molecular weight excluding hydrogens is 160 g/mol. The maximum absolute atomic E-state index is 11.4. The molecule has 0 radical (unpaired) electrons. The van der Waals surface area contributed by atoms with Crippen molar-refractivity contribution in [3.05, 3.63) is 16.6 Å². The summed E-state index contributed by atoms with van der Waals surface area (Å²) >= 11 is 1.30. The molecule has 1 aromatic rings. The lowest BCUT2D eigenvalue weighted by Crippen LogP contribution is -1.98. The smallest absolute Gasteiger partial charge is 0.316 e. The predicted molar refractivity (Wildman–Crippen MR) is 32.9 cm³/mol. The standard InChI is InChI=1S/C5H5F2NOS/c6-5(7)9-3-4-8-1-2-10-4/h1-2,5H,3H2. The molecule has 2 nitrogen and oxygen atoms in total. The molecule has 1 heterocycles. The number of ether oxygens (including phenoxy) is 1. The molecule has 0 fully saturated rings. The van der Waals surface area contributed by atoms with Crippen LogP contribution in [0.1, 0.15) is 5.01 Å². The highest BCUT2D eigenvalue weighted by molar-refractivity contribution is 7.09. The SMILES string of the molecule is FC(F)OCc1nccs1. The van der Waals surface area contributed by atoms with E-state index in [1.165, 1.54) is 11.3 Å². The summed E-state index contributed by atoms with van der Waals surface area (Å²) < 4.78 is 26.8. The molecule has 5 heteroatoms. The Morgan fingerprint density at radius 1 is 1.70 bits per heavy atom. The monoisotopic (exact) mass is 165 g/mol. The van der Waals surface area contributed by atoms with Crippen molar-refractivity contribution in [3.8, 4) is 0 Å². The molecule has 0 aliphatic carbocycles.